The smallest absolute Gasteiger partial charge is 0.253 e. The highest BCUT2D eigenvalue weighted by Gasteiger charge is 2.20. The molecule has 25 heavy (non-hydrogen) atoms. The predicted molar refractivity (Wildman–Crippen MR) is 100 cm³/mol. The van der Waals surface area contributed by atoms with Gasteiger partial charge in [0.05, 0.1) is 6.42 Å². The van der Waals surface area contributed by atoms with Gasteiger partial charge in [0.25, 0.3) is 5.56 Å². The Bertz CT molecular complexity index is 1070. The first kappa shape index (κ1) is 15.7. The van der Waals surface area contributed by atoms with E-state index < -0.39 is 0 Å². The third kappa shape index (κ3) is 2.98. The van der Waals surface area contributed by atoms with Crippen LogP contribution >= 0.6 is 11.6 Å². The minimum Gasteiger partial charge on any atom is -0.381 e. The summed E-state index contributed by atoms with van der Waals surface area (Å²) in [5.41, 5.74) is 5.04. The molecule has 2 aromatic carbocycles. The maximum absolute atomic E-state index is 12.3. The zero-order valence-electron chi connectivity index (χ0n) is 13.6. The number of fused-ring (bicyclic) bond motifs is 2. The molecule has 5 nitrogen and oxygen atoms in total. The Morgan fingerprint density at radius 1 is 1.16 bits per heavy atom. The summed E-state index contributed by atoms with van der Waals surface area (Å²) in [6, 6.07) is 11.1. The molecule has 3 aromatic rings. The SMILES string of the molecule is Cc1cc(NCc2cc3cc(Cl)ccc3[nH]c2=O)cc2c1CC(=O)N2. The summed E-state index contributed by atoms with van der Waals surface area (Å²) in [5, 5.41) is 7.64. The largest absolute Gasteiger partial charge is 0.381 e. The quantitative estimate of drug-likeness (QED) is 0.673. The van der Waals surface area contributed by atoms with Crippen molar-refractivity contribution in [2.45, 2.75) is 19.9 Å². The van der Waals surface area contributed by atoms with Crippen molar-refractivity contribution in [2.24, 2.45) is 0 Å². The summed E-state index contributed by atoms with van der Waals surface area (Å²) < 4.78 is 0. The van der Waals surface area contributed by atoms with Crippen LogP contribution in [-0.4, -0.2) is 10.9 Å². The lowest BCUT2D eigenvalue weighted by Crippen LogP contribution is -2.15. The van der Waals surface area contributed by atoms with Gasteiger partial charge in [-0.1, -0.05) is 11.6 Å². The number of carbonyl (C=O) groups is 1. The number of halogens is 1. The van der Waals surface area contributed by atoms with Gasteiger partial charge in [-0.3, -0.25) is 9.59 Å². The van der Waals surface area contributed by atoms with Crippen LogP contribution in [0.25, 0.3) is 10.9 Å². The third-order valence-electron chi connectivity index (χ3n) is 4.45. The highest BCUT2D eigenvalue weighted by Crippen LogP contribution is 2.30. The first-order valence-corrected chi connectivity index (χ1v) is 8.36. The molecule has 0 bridgehead atoms. The molecule has 0 spiro atoms. The van der Waals surface area contributed by atoms with Gasteiger partial charge in [-0.05, 0) is 54.4 Å². The molecular weight excluding hydrogens is 338 g/mol. The van der Waals surface area contributed by atoms with Crippen molar-refractivity contribution in [1.82, 2.24) is 4.98 Å². The molecule has 2 heterocycles. The molecule has 0 saturated heterocycles. The Kier molecular flexibility index (Phi) is 3.73. The Morgan fingerprint density at radius 3 is 2.84 bits per heavy atom. The maximum Gasteiger partial charge on any atom is 0.253 e. The summed E-state index contributed by atoms with van der Waals surface area (Å²) in [4.78, 5) is 26.7. The van der Waals surface area contributed by atoms with E-state index in [1.54, 1.807) is 12.1 Å². The van der Waals surface area contributed by atoms with Gasteiger partial charge in [0.1, 0.15) is 0 Å². The van der Waals surface area contributed by atoms with Gasteiger partial charge in [0, 0.05) is 39.4 Å². The van der Waals surface area contributed by atoms with Crippen LogP contribution in [0.3, 0.4) is 0 Å². The van der Waals surface area contributed by atoms with Gasteiger partial charge in [0.2, 0.25) is 5.91 Å². The van der Waals surface area contributed by atoms with E-state index in [2.05, 4.69) is 15.6 Å². The number of amides is 1. The molecule has 126 valence electrons. The second kappa shape index (κ2) is 5.93. The topological polar surface area (TPSA) is 74.0 Å². The van der Waals surface area contributed by atoms with Crippen molar-refractivity contribution in [3.05, 3.63) is 68.5 Å². The number of carbonyl (C=O) groups excluding carboxylic acids is 1. The number of benzene rings is 2. The van der Waals surface area contributed by atoms with Crippen LogP contribution in [0, 0.1) is 6.92 Å². The van der Waals surface area contributed by atoms with Crippen LogP contribution in [0.2, 0.25) is 5.02 Å². The van der Waals surface area contributed by atoms with E-state index in [0.29, 0.717) is 23.6 Å². The van der Waals surface area contributed by atoms with E-state index >= 15 is 0 Å². The molecule has 1 aliphatic heterocycles. The summed E-state index contributed by atoms with van der Waals surface area (Å²) in [6.45, 7) is 2.36. The predicted octanol–water partition coefficient (Wildman–Crippen LogP) is 3.60. The first-order chi connectivity index (χ1) is 12.0. The molecule has 6 heteroatoms. The Hall–Kier alpha value is -2.79. The molecule has 3 N–H and O–H groups in total. The van der Waals surface area contributed by atoms with E-state index in [4.69, 9.17) is 11.6 Å². The van der Waals surface area contributed by atoms with E-state index in [1.807, 2.05) is 31.2 Å². The lowest BCUT2D eigenvalue weighted by Gasteiger charge is -2.11. The number of H-pyrrole nitrogens is 1. The number of aromatic nitrogens is 1. The normalized spacial score (nSPS) is 13.0. The highest BCUT2D eigenvalue weighted by molar-refractivity contribution is 6.31. The average molecular weight is 354 g/mol. The Morgan fingerprint density at radius 2 is 2.00 bits per heavy atom. The van der Waals surface area contributed by atoms with Crippen molar-refractivity contribution in [1.29, 1.82) is 0 Å². The van der Waals surface area contributed by atoms with Gasteiger partial charge in [-0.2, -0.15) is 0 Å². The highest BCUT2D eigenvalue weighted by atomic mass is 35.5. The van der Waals surface area contributed by atoms with Crippen molar-refractivity contribution in [3.63, 3.8) is 0 Å². The fraction of sp³-hybridized carbons (Fsp3) is 0.158. The molecule has 0 unspecified atom stereocenters. The average Bonchev–Trinajstić information content (AvgIpc) is 2.94. The van der Waals surface area contributed by atoms with Crippen molar-refractivity contribution < 1.29 is 4.79 Å². The molecule has 0 fully saturated rings. The Balaban J connectivity index is 1.62. The maximum atomic E-state index is 12.3. The minimum atomic E-state index is -0.131. The van der Waals surface area contributed by atoms with Crippen LogP contribution in [0.1, 0.15) is 16.7 Å². The van der Waals surface area contributed by atoms with Crippen molar-refractivity contribution in [3.8, 4) is 0 Å². The van der Waals surface area contributed by atoms with Crippen molar-refractivity contribution in [2.75, 3.05) is 10.6 Å². The molecule has 0 aliphatic carbocycles. The van der Waals surface area contributed by atoms with E-state index in [0.717, 1.165) is 33.4 Å². The summed E-state index contributed by atoms with van der Waals surface area (Å²) in [7, 11) is 0. The minimum absolute atomic E-state index is 0.0121. The number of aromatic amines is 1. The third-order valence-corrected chi connectivity index (χ3v) is 4.69. The van der Waals surface area contributed by atoms with Crippen LogP contribution in [0.5, 0.6) is 0 Å². The van der Waals surface area contributed by atoms with Crippen LogP contribution < -0.4 is 16.2 Å². The van der Waals surface area contributed by atoms with Crippen LogP contribution in [0.4, 0.5) is 11.4 Å². The van der Waals surface area contributed by atoms with Crippen LogP contribution in [0.15, 0.2) is 41.2 Å². The second-order valence-corrected chi connectivity index (χ2v) is 6.69. The molecule has 4 rings (SSSR count). The zero-order valence-corrected chi connectivity index (χ0v) is 14.3. The number of hydrogen-bond acceptors (Lipinski definition) is 3. The van der Waals surface area contributed by atoms with Gasteiger partial charge < -0.3 is 15.6 Å². The summed E-state index contributed by atoms with van der Waals surface area (Å²) in [6.07, 6.45) is 0.423. The van der Waals surface area contributed by atoms with Crippen LogP contribution in [-0.2, 0) is 17.8 Å². The number of aryl methyl sites for hydroxylation is 1. The fourth-order valence-electron chi connectivity index (χ4n) is 3.17. The van der Waals surface area contributed by atoms with Gasteiger partial charge >= 0.3 is 0 Å². The number of hydrogen-bond donors (Lipinski definition) is 3. The molecule has 1 amide bonds. The number of nitrogens with one attached hydrogen (secondary N) is 3. The number of anilines is 2. The fourth-order valence-corrected chi connectivity index (χ4v) is 3.35. The molecule has 1 aliphatic rings. The monoisotopic (exact) mass is 353 g/mol. The second-order valence-electron chi connectivity index (χ2n) is 6.25. The van der Waals surface area contributed by atoms with Gasteiger partial charge in [-0.15, -0.1) is 0 Å². The van der Waals surface area contributed by atoms with Gasteiger partial charge in [-0.25, -0.2) is 0 Å². The molecule has 1 aromatic heterocycles. The van der Waals surface area contributed by atoms with E-state index in [-0.39, 0.29) is 11.5 Å². The Labute approximate surface area is 149 Å². The summed E-state index contributed by atoms with van der Waals surface area (Å²) in [5.74, 6) is 0.0121. The zero-order chi connectivity index (χ0) is 17.6. The van der Waals surface area contributed by atoms with E-state index in [1.165, 1.54) is 0 Å². The number of rotatable bonds is 3. The first-order valence-electron chi connectivity index (χ1n) is 7.98. The molecular formula is C19H16ClN3O2. The lowest BCUT2D eigenvalue weighted by molar-refractivity contribution is -0.115. The molecule has 0 radical (unpaired) electrons. The van der Waals surface area contributed by atoms with E-state index in [9.17, 15) is 9.59 Å². The van der Waals surface area contributed by atoms with Gasteiger partial charge in [0.15, 0.2) is 0 Å². The molecule has 0 atom stereocenters. The lowest BCUT2D eigenvalue weighted by atomic mass is 10.0. The number of pyridine rings is 1. The molecule has 0 saturated carbocycles. The summed E-state index contributed by atoms with van der Waals surface area (Å²) >= 11 is 6.02. The van der Waals surface area contributed by atoms with Crippen molar-refractivity contribution >= 4 is 39.8 Å². The standard InChI is InChI=1S/C19H16ClN3O2/c1-10-4-14(7-17-15(10)8-18(24)22-17)21-9-12-5-11-6-13(20)2-3-16(11)23-19(12)25/h2-7,21H,8-9H2,1H3,(H,22,24)(H,23,25).